The minimum Gasteiger partial charge on any atom is -0.390 e. The van der Waals surface area contributed by atoms with Crippen LogP contribution in [0, 0.1) is 5.92 Å². The van der Waals surface area contributed by atoms with Gasteiger partial charge in [-0.1, -0.05) is 72.1 Å². The summed E-state index contributed by atoms with van der Waals surface area (Å²) in [6.07, 6.45) is 11.0. The Kier molecular flexibility index (Phi) is 14.7. The van der Waals surface area contributed by atoms with Crippen molar-refractivity contribution in [3.05, 3.63) is 0 Å². The summed E-state index contributed by atoms with van der Waals surface area (Å²) in [5.41, 5.74) is 0. The van der Waals surface area contributed by atoms with Gasteiger partial charge in [0.1, 0.15) is 6.10 Å². The molecule has 0 aliphatic rings. The minimum absolute atomic E-state index is 0.255. The predicted molar refractivity (Wildman–Crippen MR) is 89.5 cm³/mol. The van der Waals surface area contributed by atoms with Crippen LogP contribution in [0.25, 0.3) is 0 Å². The topological polar surface area (TPSA) is 49.7 Å². The molecule has 2 atom stereocenters. The first-order valence-electron chi connectivity index (χ1n) is 9.01. The van der Waals surface area contributed by atoms with Crippen LogP contribution in [0.1, 0.15) is 85.0 Å². The molecule has 0 aromatic carbocycles. The third kappa shape index (κ3) is 14.6. The van der Waals surface area contributed by atoms with Crippen LogP contribution in [0.15, 0.2) is 0 Å². The lowest BCUT2D eigenvalue weighted by molar-refractivity contribution is -0.0393. The Hall–Kier alpha value is -0.120. The Morgan fingerprint density at radius 2 is 1.29 bits per heavy atom. The SMILES string of the molecule is CCC(O)C(O)COCCCCCCCCCCC(C)C. The van der Waals surface area contributed by atoms with Crippen LogP contribution in [0.5, 0.6) is 0 Å². The normalized spacial score (nSPS) is 14.6. The van der Waals surface area contributed by atoms with E-state index in [1.807, 2.05) is 6.92 Å². The summed E-state index contributed by atoms with van der Waals surface area (Å²) in [4.78, 5) is 0. The maximum Gasteiger partial charge on any atom is 0.103 e. The van der Waals surface area contributed by atoms with E-state index in [-0.39, 0.29) is 6.61 Å². The highest BCUT2D eigenvalue weighted by Gasteiger charge is 2.13. The molecule has 3 heteroatoms. The molecule has 0 saturated carbocycles. The van der Waals surface area contributed by atoms with Gasteiger partial charge in [-0.3, -0.25) is 0 Å². The molecule has 2 unspecified atom stereocenters. The highest BCUT2D eigenvalue weighted by atomic mass is 16.5. The molecule has 0 bridgehead atoms. The van der Waals surface area contributed by atoms with E-state index in [4.69, 9.17) is 4.74 Å². The summed E-state index contributed by atoms with van der Waals surface area (Å²) in [7, 11) is 0. The van der Waals surface area contributed by atoms with E-state index < -0.39 is 12.2 Å². The number of unbranched alkanes of at least 4 members (excludes halogenated alkanes) is 7. The number of ether oxygens (including phenoxy) is 1. The summed E-state index contributed by atoms with van der Waals surface area (Å²) < 4.78 is 5.39. The Bertz CT molecular complexity index is 207. The molecule has 128 valence electrons. The lowest BCUT2D eigenvalue weighted by atomic mass is 10.0. The molecule has 21 heavy (non-hydrogen) atoms. The summed E-state index contributed by atoms with van der Waals surface area (Å²) >= 11 is 0. The maximum atomic E-state index is 9.52. The van der Waals surface area contributed by atoms with Gasteiger partial charge in [-0.2, -0.15) is 0 Å². The first-order valence-corrected chi connectivity index (χ1v) is 9.01. The van der Waals surface area contributed by atoms with Crippen molar-refractivity contribution < 1.29 is 14.9 Å². The Labute approximate surface area is 132 Å². The molecule has 0 radical (unpaired) electrons. The highest BCUT2D eigenvalue weighted by Crippen LogP contribution is 2.12. The van der Waals surface area contributed by atoms with Crippen molar-refractivity contribution in [3.63, 3.8) is 0 Å². The molecule has 0 aromatic heterocycles. The molecule has 0 aliphatic carbocycles. The largest absolute Gasteiger partial charge is 0.390 e. The van der Waals surface area contributed by atoms with Crippen LogP contribution >= 0.6 is 0 Å². The molecule has 0 heterocycles. The highest BCUT2D eigenvalue weighted by molar-refractivity contribution is 4.63. The molecule has 0 rings (SSSR count). The summed E-state index contributed by atoms with van der Waals surface area (Å²) in [6, 6.07) is 0. The van der Waals surface area contributed by atoms with E-state index in [9.17, 15) is 10.2 Å². The Morgan fingerprint density at radius 1 is 0.762 bits per heavy atom. The van der Waals surface area contributed by atoms with Crippen molar-refractivity contribution in [1.29, 1.82) is 0 Å². The van der Waals surface area contributed by atoms with Gasteiger partial charge in [-0.05, 0) is 18.8 Å². The third-order valence-electron chi connectivity index (χ3n) is 3.97. The standard InChI is InChI=1S/C18H38O3/c1-4-17(19)18(20)15-21-14-12-10-8-6-5-7-9-11-13-16(2)3/h16-20H,4-15H2,1-3H3. The monoisotopic (exact) mass is 302 g/mol. The van der Waals surface area contributed by atoms with Crippen LogP contribution in [-0.4, -0.2) is 35.6 Å². The molecule has 0 spiro atoms. The number of rotatable bonds is 15. The van der Waals surface area contributed by atoms with Gasteiger partial charge < -0.3 is 14.9 Å². The van der Waals surface area contributed by atoms with Crippen molar-refractivity contribution >= 4 is 0 Å². The molecule has 0 fully saturated rings. The zero-order chi connectivity index (χ0) is 15.9. The zero-order valence-electron chi connectivity index (χ0n) is 14.5. The van der Waals surface area contributed by atoms with Gasteiger partial charge in [0.15, 0.2) is 0 Å². The van der Waals surface area contributed by atoms with Crippen LogP contribution < -0.4 is 0 Å². The van der Waals surface area contributed by atoms with Crippen LogP contribution in [-0.2, 0) is 4.74 Å². The van der Waals surface area contributed by atoms with Gasteiger partial charge in [0.05, 0.1) is 12.7 Å². The summed E-state index contributed by atoms with van der Waals surface area (Å²) in [6.45, 7) is 7.40. The average Bonchev–Trinajstić information content (AvgIpc) is 2.46. The minimum atomic E-state index is -0.735. The van der Waals surface area contributed by atoms with Crippen LogP contribution in [0.2, 0.25) is 0 Å². The van der Waals surface area contributed by atoms with Gasteiger partial charge in [-0.15, -0.1) is 0 Å². The van der Waals surface area contributed by atoms with Crippen molar-refractivity contribution in [2.75, 3.05) is 13.2 Å². The van der Waals surface area contributed by atoms with E-state index in [1.54, 1.807) is 0 Å². The first-order chi connectivity index (χ1) is 10.1. The van der Waals surface area contributed by atoms with Crippen molar-refractivity contribution in [2.24, 2.45) is 5.92 Å². The fourth-order valence-corrected chi connectivity index (χ4v) is 2.40. The van der Waals surface area contributed by atoms with E-state index in [2.05, 4.69) is 13.8 Å². The second kappa shape index (κ2) is 14.8. The number of hydrogen-bond acceptors (Lipinski definition) is 3. The number of hydrogen-bond donors (Lipinski definition) is 2. The molecule has 2 N–H and O–H groups in total. The fraction of sp³-hybridized carbons (Fsp3) is 1.00. The van der Waals surface area contributed by atoms with E-state index in [1.165, 1.54) is 51.4 Å². The molecule has 0 aliphatic heterocycles. The second-order valence-corrected chi connectivity index (χ2v) is 6.63. The summed E-state index contributed by atoms with van der Waals surface area (Å²) in [5.74, 6) is 0.849. The smallest absolute Gasteiger partial charge is 0.103 e. The summed E-state index contributed by atoms with van der Waals surface area (Å²) in [5, 5.41) is 18.9. The van der Waals surface area contributed by atoms with E-state index in [0.717, 1.165) is 12.3 Å². The number of aliphatic hydroxyl groups excluding tert-OH is 2. The second-order valence-electron chi connectivity index (χ2n) is 6.63. The van der Waals surface area contributed by atoms with Crippen molar-refractivity contribution in [1.82, 2.24) is 0 Å². The molecule has 0 amide bonds. The number of aliphatic hydroxyl groups is 2. The van der Waals surface area contributed by atoms with E-state index in [0.29, 0.717) is 13.0 Å². The van der Waals surface area contributed by atoms with Gasteiger partial charge in [0.2, 0.25) is 0 Å². The molecular weight excluding hydrogens is 264 g/mol. The van der Waals surface area contributed by atoms with Crippen molar-refractivity contribution in [2.45, 2.75) is 97.2 Å². The van der Waals surface area contributed by atoms with Crippen LogP contribution in [0.4, 0.5) is 0 Å². The molecule has 0 aromatic rings. The van der Waals surface area contributed by atoms with Crippen LogP contribution in [0.3, 0.4) is 0 Å². The Morgan fingerprint density at radius 3 is 1.81 bits per heavy atom. The van der Waals surface area contributed by atoms with Gasteiger partial charge in [-0.25, -0.2) is 0 Å². The molecule has 0 saturated heterocycles. The lowest BCUT2D eigenvalue weighted by Gasteiger charge is -2.15. The molecule has 3 nitrogen and oxygen atoms in total. The quantitative estimate of drug-likeness (QED) is 0.443. The maximum absolute atomic E-state index is 9.52. The predicted octanol–water partition coefficient (Wildman–Crippen LogP) is 4.30. The average molecular weight is 302 g/mol. The van der Waals surface area contributed by atoms with E-state index >= 15 is 0 Å². The molecular formula is C18H38O3. The van der Waals surface area contributed by atoms with Gasteiger partial charge in [0, 0.05) is 6.61 Å². The lowest BCUT2D eigenvalue weighted by Crippen LogP contribution is -2.29. The van der Waals surface area contributed by atoms with Crippen molar-refractivity contribution in [3.8, 4) is 0 Å². The van der Waals surface area contributed by atoms with Gasteiger partial charge in [0.25, 0.3) is 0 Å². The first kappa shape index (κ1) is 20.9. The Balaban J connectivity index is 3.12. The third-order valence-corrected chi connectivity index (χ3v) is 3.97. The van der Waals surface area contributed by atoms with Gasteiger partial charge >= 0.3 is 0 Å². The fourth-order valence-electron chi connectivity index (χ4n) is 2.40. The zero-order valence-corrected chi connectivity index (χ0v) is 14.5.